The number of nitrogens with one attached hydrogen (secondary N) is 1. The van der Waals surface area contributed by atoms with E-state index in [9.17, 15) is 9.59 Å². The number of hydrogen-bond acceptors (Lipinski definition) is 3. The van der Waals surface area contributed by atoms with Crippen LogP contribution in [0, 0.1) is 5.92 Å². The molecule has 1 heterocycles. The molecule has 1 saturated heterocycles. The quantitative estimate of drug-likeness (QED) is 0.752. The standard InChI is InChI=1S/C12H20N2O3/c1-2-17-11(15)9-5-7-14(8-6-9)12(16)13-10-3-4-10/h9-10H,2-8H2,1H3,(H,13,16). The molecule has 1 N–H and O–H groups in total. The van der Waals surface area contributed by atoms with Crippen LogP contribution in [0.5, 0.6) is 0 Å². The van der Waals surface area contributed by atoms with E-state index in [0.29, 0.717) is 25.7 Å². The molecule has 0 atom stereocenters. The minimum absolute atomic E-state index is 0.0230. The first kappa shape index (κ1) is 12.2. The lowest BCUT2D eigenvalue weighted by molar-refractivity contribution is -0.149. The number of piperidine rings is 1. The number of carbonyl (C=O) groups excluding carboxylic acids is 2. The van der Waals surface area contributed by atoms with Gasteiger partial charge in [0.15, 0.2) is 0 Å². The summed E-state index contributed by atoms with van der Waals surface area (Å²) in [5, 5.41) is 2.96. The Morgan fingerprint density at radius 1 is 1.24 bits per heavy atom. The maximum Gasteiger partial charge on any atom is 0.317 e. The van der Waals surface area contributed by atoms with Gasteiger partial charge in [0, 0.05) is 19.1 Å². The van der Waals surface area contributed by atoms with E-state index in [1.165, 1.54) is 0 Å². The van der Waals surface area contributed by atoms with Crippen molar-refractivity contribution in [1.29, 1.82) is 0 Å². The van der Waals surface area contributed by atoms with Gasteiger partial charge in [0.05, 0.1) is 12.5 Å². The Labute approximate surface area is 101 Å². The lowest BCUT2D eigenvalue weighted by Gasteiger charge is -2.30. The first-order valence-electron chi connectivity index (χ1n) is 6.42. The molecule has 0 aromatic rings. The summed E-state index contributed by atoms with van der Waals surface area (Å²) in [7, 11) is 0. The zero-order valence-electron chi connectivity index (χ0n) is 10.3. The van der Waals surface area contributed by atoms with Crippen molar-refractivity contribution in [1.82, 2.24) is 10.2 Å². The molecule has 0 bridgehead atoms. The molecular weight excluding hydrogens is 220 g/mol. The summed E-state index contributed by atoms with van der Waals surface area (Å²) in [6.45, 7) is 3.56. The molecule has 17 heavy (non-hydrogen) atoms. The molecule has 0 aromatic heterocycles. The summed E-state index contributed by atoms with van der Waals surface area (Å²) < 4.78 is 4.99. The van der Waals surface area contributed by atoms with Gasteiger partial charge in [-0.1, -0.05) is 0 Å². The Hall–Kier alpha value is -1.26. The van der Waals surface area contributed by atoms with Gasteiger partial charge in [0.1, 0.15) is 0 Å². The van der Waals surface area contributed by atoms with Crippen molar-refractivity contribution in [2.75, 3.05) is 19.7 Å². The molecule has 5 heteroatoms. The van der Waals surface area contributed by atoms with E-state index in [-0.39, 0.29) is 17.9 Å². The molecule has 1 aliphatic carbocycles. The first-order valence-corrected chi connectivity index (χ1v) is 6.42. The Balaban J connectivity index is 1.73. The summed E-state index contributed by atoms with van der Waals surface area (Å²) in [4.78, 5) is 25.1. The molecule has 0 unspecified atom stereocenters. The van der Waals surface area contributed by atoms with E-state index in [4.69, 9.17) is 4.74 Å². The fourth-order valence-corrected chi connectivity index (χ4v) is 2.07. The predicted octanol–water partition coefficient (Wildman–Crippen LogP) is 1.13. The van der Waals surface area contributed by atoms with Crippen molar-refractivity contribution in [3.63, 3.8) is 0 Å². The third-order valence-electron chi connectivity index (χ3n) is 3.31. The fraction of sp³-hybridized carbons (Fsp3) is 0.833. The van der Waals surface area contributed by atoms with Crippen molar-refractivity contribution in [3.8, 4) is 0 Å². The van der Waals surface area contributed by atoms with Gasteiger partial charge in [-0.3, -0.25) is 4.79 Å². The topological polar surface area (TPSA) is 58.6 Å². The highest BCUT2D eigenvalue weighted by Gasteiger charge is 2.30. The van der Waals surface area contributed by atoms with Gasteiger partial charge in [0.2, 0.25) is 0 Å². The highest BCUT2D eigenvalue weighted by atomic mass is 16.5. The normalized spacial score (nSPS) is 21.1. The van der Waals surface area contributed by atoms with Crippen molar-refractivity contribution in [2.45, 2.75) is 38.6 Å². The summed E-state index contributed by atoms with van der Waals surface area (Å²) in [6, 6.07) is 0.417. The second-order valence-corrected chi connectivity index (χ2v) is 4.74. The Kier molecular flexibility index (Phi) is 3.86. The number of amides is 2. The van der Waals surface area contributed by atoms with Crippen LogP contribution in [0.1, 0.15) is 32.6 Å². The molecule has 96 valence electrons. The number of urea groups is 1. The number of likely N-dealkylation sites (tertiary alicyclic amines) is 1. The number of ether oxygens (including phenoxy) is 1. The molecule has 0 spiro atoms. The van der Waals surface area contributed by atoms with Crippen LogP contribution >= 0.6 is 0 Å². The van der Waals surface area contributed by atoms with Crippen LogP contribution in [0.3, 0.4) is 0 Å². The maximum atomic E-state index is 11.7. The largest absolute Gasteiger partial charge is 0.466 e. The van der Waals surface area contributed by atoms with E-state index >= 15 is 0 Å². The molecule has 2 rings (SSSR count). The van der Waals surface area contributed by atoms with Gasteiger partial charge in [-0.2, -0.15) is 0 Å². The van der Waals surface area contributed by atoms with Crippen LogP contribution in [0.15, 0.2) is 0 Å². The van der Waals surface area contributed by atoms with Crippen LogP contribution in [0.4, 0.5) is 4.79 Å². The van der Waals surface area contributed by atoms with Gasteiger partial charge in [-0.15, -0.1) is 0 Å². The zero-order valence-corrected chi connectivity index (χ0v) is 10.3. The molecule has 2 aliphatic rings. The minimum atomic E-state index is -0.116. The molecule has 5 nitrogen and oxygen atoms in total. The van der Waals surface area contributed by atoms with E-state index in [0.717, 1.165) is 25.7 Å². The van der Waals surface area contributed by atoms with Crippen molar-refractivity contribution >= 4 is 12.0 Å². The van der Waals surface area contributed by atoms with Crippen molar-refractivity contribution < 1.29 is 14.3 Å². The smallest absolute Gasteiger partial charge is 0.317 e. The SMILES string of the molecule is CCOC(=O)C1CCN(C(=O)NC2CC2)CC1. The number of carbonyl (C=O) groups is 2. The van der Waals surface area contributed by atoms with E-state index in [2.05, 4.69) is 5.32 Å². The molecule has 1 aliphatic heterocycles. The Morgan fingerprint density at radius 2 is 1.88 bits per heavy atom. The van der Waals surface area contributed by atoms with Crippen LogP contribution in [0.25, 0.3) is 0 Å². The summed E-state index contributed by atoms with van der Waals surface area (Å²) in [5.74, 6) is -0.144. The Bertz CT molecular complexity index is 294. The monoisotopic (exact) mass is 240 g/mol. The molecular formula is C12H20N2O3. The van der Waals surface area contributed by atoms with Gasteiger partial charge < -0.3 is 15.0 Å². The van der Waals surface area contributed by atoms with Crippen molar-refractivity contribution in [3.05, 3.63) is 0 Å². The van der Waals surface area contributed by atoms with Gasteiger partial charge >= 0.3 is 12.0 Å². The molecule has 0 radical (unpaired) electrons. The molecule has 1 saturated carbocycles. The van der Waals surface area contributed by atoms with Crippen LogP contribution < -0.4 is 5.32 Å². The third kappa shape index (κ3) is 3.35. The third-order valence-corrected chi connectivity index (χ3v) is 3.31. The lowest BCUT2D eigenvalue weighted by Crippen LogP contribution is -2.46. The Morgan fingerprint density at radius 3 is 2.41 bits per heavy atom. The fourth-order valence-electron chi connectivity index (χ4n) is 2.07. The first-order chi connectivity index (χ1) is 8.20. The predicted molar refractivity (Wildman–Crippen MR) is 62.5 cm³/mol. The van der Waals surface area contributed by atoms with Gasteiger partial charge in [0.25, 0.3) is 0 Å². The maximum absolute atomic E-state index is 11.7. The number of hydrogen-bond donors (Lipinski definition) is 1. The number of rotatable bonds is 3. The number of esters is 1. The van der Waals surface area contributed by atoms with Crippen LogP contribution in [-0.4, -0.2) is 42.6 Å². The van der Waals surface area contributed by atoms with E-state index in [1.54, 1.807) is 4.90 Å². The van der Waals surface area contributed by atoms with Crippen LogP contribution in [0.2, 0.25) is 0 Å². The minimum Gasteiger partial charge on any atom is -0.466 e. The molecule has 2 amide bonds. The van der Waals surface area contributed by atoms with Crippen molar-refractivity contribution in [2.24, 2.45) is 5.92 Å². The zero-order chi connectivity index (χ0) is 12.3. The summed E-state index contributed by atoms with van der Waals surface area (Å²) in [6.07, 6.45) is 3.64. The average molecular weight is 240 g/mol. The van der Waals surface area contributed by atoms with Crippen LogP contribution in [-0.2, 0) is 9.53 Å². The van der Waals surface area contributed by atoms with E-state index < -0.39 is 0 Å². The summed E-state index contributed by atoms with van der Waals surface area (Å²) >= 11 is 0. The van der Waals surface area contributed by atoms with Gasteiger partial charge in [-0.05, 0) is 32.6 Å². The van der Waals surface area contributed by atoms with E-state index in [1.807, 2.05) is 6.92 Å². The molecule has 0 aromatic carbocycles. The molecule has 2 fully saturated rings. The highest BCUT2D eigenvalue weighted by molar-refractivity contribution is 5.76. The highest BCUT2D eigenvalue weighted by Crippen LogP contribution is 2.21. The number of nitrogens with zero attached hydrogens (tertiary/aromatic N) is 1. The lowest BCUT2D eigenvalue weighted by atomic mass is 9.97. The second-order valence-electron chi connectivity index (χ2n) is 4.74. The second kappa shape index (κ2) is 5.38. The summed E-state index contributed by atoms with van der Waals surface area (Å²) in [5.41, 5.74) is 0. The van der Waals surface area contributed by atoms with Gasteiger partial charge in [-0.25, -0.2) is 4.79 Å². The average Bonchev–Trinajstić information content (AvgIpc) is 3.13.